The topological polar surface area (TPSA) is 51.1 Å². The quantitative estimate of drug-likeness (QED) is 0.846. The van der Waals surface area contributed by atoms with Gasteiger partial charge in [-0.3, -0.25) is 9.88 Å². The average Bonchev–Trinajstić information content (AvgIpc) is 2.57. The second kappa shape index (κ2) is 6.85. The molecule has 5 heteroatoms. The molecule has 24 heavy (non-hydrogen) atoms. The highest BCUT2D eigenvalue weighted by molar-refractivity contribution is 5.32. The van der Waals surface area contributed by atoms with Crippen LogP contribution >= 0.6 is 0 Å². The molecule has 2 aromatic rings. The van der Waals surface area contributed by atoms with Gasteiger partial charge in [-0.2, -0.15) is 0 Å². The van der Waals surface area contributed by atoms with E-state index < -0.39 is 0 Å². The molecule has 0 unspecified atom stereocenters. The molecule has 1 aliphatic heterocycles. The van der Waals surface area contributed by atoms with Crippen LogP contribution in [0.25, 0.3) is 0 Å². The molecule has 0 radical (unpaired) electrons. The molecule has 0 bridgehead atoms. The zero-order valence-corrected chi connectivity index (χ0v) is 14.2. The standard InChI is InChI=1S/C19H24N4O/c1-14-5-6-16(9-20-14)12-24-19-17-11-23(10-15-3-2-4-15)8-7-18(17)21-13-22-19/h5-6,9,13,15H,2-4,7-8,10-12H2,1H3. The van der Waals surface area contributed by atoms with Gasteiger partial charge >= 0.3 is 0 Å². The lowest BCUT2D eigenvalue weighted by Gasteiger charge is -2.35. The summed E-state index contributed by atoms with van der Waals surface area (Å²) in [5, 5.41) is 0. The van der Waals surface area contributed by atoms with Gasteiger partial charge in [0.2, 0.25) is 5.88 Å². The summed E-state index contributed by atoms with van der Waals surface area (Å²) in [6.45, 7) is 5.70. The van der Waals surface area contributed by atoms with E-state index in [0.717, 1.165) is 48.3 Å². The molecule has 0 amide bonds. The molecule has 0 N–H and O–H groups in total. The van der Waals surface area contributed by atoms with Crippen LogP contribution in [0.2, 0.25) is 0 Å². The van der Waals surface area contributed by atoms with Crippen LogP contribution in [0.5, 0.6) is 5.88 Å². The van der Waals surface area contributed by atoms with Gasteiger partial charge in [-0.05, 0) is 31.7 Å². The third-order valence-corrected chi connectivity index (χ3v) is 5.13. The normalized spacial score (nSPS) is 18.0. The van der Waals surface area contributed by atoms with Gasteiger partial charge in [0.05, 0.1) is 5.69 Å². The summed E-state index contributed by atoms with van der Waals surface area (Å²) in [5.74, 6) is 1.62. The van der Waals surface area contributed by atoms with Crippen molar-refractivity contribution in [3.05, 3.63) is 47.2 Å². The highest BCUT2D eigenvalue weighted by atomic mass is 16.5. The van der Waals surface area contributed by atoms with Crippen molar-refractivity contribution in [1.82, 2.24) is 19.9 Å². The van der Waals surface area contributed by atoms with E-state index in [-0.39, 0.29) is 0 Å². The van der Waals surface area contributed by atoms with E-state index in [0.29, 0.717) is 6.61 Å². The van der Waals surface area contributed by atoms with Crippen LogP contribution in [0.15, 0.2) is 24.7 Å². The number of rotatable bonds is 5. The molecule has 0 atom stereocenters. The van der Waals surface area contributed by atoms with Crippen molar-refractivity contribution >= 4 is 0 Å². The van der Waals surface area contributed by atoms with Crippen LogP contribution in [0, 0.1) is 12.8 Å². The lowest BCUT2D eigenvalue weighted by atomic mass is 9.84. The number of pyridine rings is 1. The lowest BCUT2D eigenvalue weighted by Crippen LogP contribution is -2.37. The highest BCUT2D eigenvalue weighted by Gasteiger charge is 2.26. The Morgan fingerprint density at radius 2 is 2.12 bits per heavy atom. The number of ether oxygens (including phenoxy) is 1. The van der Waals surface area contributed by atoms with Crippen LogP contribution in [-0.4, -0.2) is 32.9 Å². The first kappa shape index (κ1) is 15.5. The largest absolute Gasteiger partial charge is 0.472 e. The van der Waals surface area contributed by atoms with E-state index in [2.05, 4.69) is 25.9 Å². The zero-order valence-electron chi connectivity index (χ0n) is 14.2. The Balaban J connectivity index is 1.45. The molecule has 2 aliphatic rings. The lowest BCUT2D eigenvalue weighted by molar-refractivity contribution is 0.160. The Hall–Kier alpha value is -2.01. The van der Waals surface area contributed by atoms with Crippen molar-refractivity contribution in [3.63, 3.8) is 0 Å². The van der Waals surface area contributed by atoms with Crippen LogP contribution < -0.4 is 4.74 Å². The molecule has 4 rings (SSSR count). The maximum absolute atomic E-state index is 6.01. The SMILES string of the molecule is Cc1ccc(COc2ncnc3c2CN(CC2CCC2)CC3)cn1. The maximum atomic E-state index is 6.01. The molecule has 2 aromatic heterocycles. The Kier molecular flexibility index (Phi) is 4.43. The minimum Gasteiger partial charge on any atom is -0.472 e. The predicted molar refractivity (Wildman–Crippen MR) is 91.7 cm³/mol. The predicted octanol–water partition coefficient (Wildman–Crippen LogP) is 2.92. The Bertz CT molecular complexity index is 697. The Labute approximate surface area is 143 Å². The number of nitrogens with zero attached hydrogens (tertiary/aromatic N) is 4. The van der Waals surface area contributed by atoms with Crippen molar-refractivity contribution in [3.8, 4) is 5.88 Å². The Morgan fingerprint density at radius 3 is 2.88 bits per heavy atom. The van der Waals surface area contributed by atoms with Gasteiger partial charge < -0.3 is 4.74 Å². The van der Waals surface area contributed by atoms with Crippen molar-refractivity contribution < 1.29 is 4.74 Å². The van der Waals surface area contributed by atoms with Crippen molar-refractivity contribution in [2.75, 3.05) is 13.1 Å². The van der Waals surface area contributed by atoms with Gasteiger partial charge in [0.1, 0.15) is 12.9 Å². The molecule has 3 heterocycles. The third kappa shape index (κ3) is 3.41. The second-order valence-corrected chi connectivity index (χ2v) is 6.98. The fourth-order valence-electron chi connectivity index (χ4n) is 3.43. The van der Waals surface area contributed by atoms with Gasteiger partial charge in [-0.15, -0.1) is 0 Å². The molecule has 0 aromatic carbocycles. The molecule has 1 fully saturated rings. The fourth-order valence-corrected chi connectivity index (χ4v) is 3.43. The molecule has 0 spiro atoms. The van der Waals surface area contributed by atoms with Crippen LogP contribution in [0.1, 0.15) is 41.8 Å². The van der Waals surface area contributed by atoms with Gasteiger partial charge in [-0.1, -0.05) is 12.5 Å². The van der Waals surface area contributed by atoms with Crippen molar-refractivity contribution in [1.29, 1.82) is 0 Å². The zero-order chi connectivity index (χ0) is 16.4. The summed E-state index contributed by atoms with van der Waals surface area (Å²) < 4.78 is 6.01. The first-order valence-electron chi connectivity index (χ1n) is 8.87. The molecule has 126 valence electrons. The number of aryl methyl sites for hydroxylation is 1. The van der Waals surface area contributed by atoms with E-state index in [1.54, 1.807) is 6.33 Å². The summed E-state index contributed by atoms with van der Waals surface area (Å²) in [6, 6.07) is 4.06. The first-order chi connectivity index (χ1) is 11.8. The summed E-state index contributed by atoms with van der Waals surface area (Å²) in [5.41, 5.74) is 4.40. The van der Waals surface area contributed by atoms with Gasteiger partial charge in [0.15, 0.2) is 0 Å². The van der Waals surface area contributed by atoms with E-state index in [1.165, 1.54) is 31.4 Å². The van der Waals surface area contributed by atoms with Gasteiger partial charge in [-0.25, -0.2) is 9.97 Å². The van der Waals surface area contributed by atoms with E-state index in [9.17, 15) is 0 Å². The van der Waals surface area contributed by atoms with Gasteiger partial charge in [0.25, 0.3) is 0 Å². The van der Waals surface area contributed by atoms with Crippen molar-refractivity contribution in [2.45, 2.75) is 45.8 Å². The molecule has 0 saturated heterocycles. The molecule has 5 nitrogen and oxygen atoms in total. The number of fused-ring (bicyclic) bond motifs is 1. The smallest absolute Gasteiger partial charge is 0.221 e. The van der Waals surface area contributed by atoms with E-state index in [1.807, 2.05) is 19.2 Å². The third-order valence-electron chi connectivity index (χ3n) is 5.13. The molecule has 1 saturated carbocycles. The number of hydrogen-bond donors (Lipinski definition) is 0. The van der Waals surface area contributed by atoms with Crippen LogP contribution in [0.4, 0.5) is 0 Å². The summed E-state index contributed by atoms with van der Waals surface area (Å²) in [6.07, 6.45) is 8.66. The van der Waals surface area contributed by atoms with Crippen LogP contribution in [-0.2, 0) is 19.6 Å². The minimum absolute atomic E-state index is 0.499. The molecule has 1 aliphatic carbocycles. The minimum atomic E-state index is 0.499. The number of hydrogen-bond acceptors (Lipinski definition) is 5. The van der Waals surface area contributed by atoms with E-state index in [4.69, 9.17) is 4.74 Å². The highest BCUT2D eigenvalue weighted by Crippen LogP contribution is 2.30. The summed E-state index contributed by atoms with van der Waals surface area (Å²) in [7, 11) is 0. The molecular weight excluding hydrogens is 300 g/mol. The monoisotopic (exact) mass is 324 g/mol. The summed E-state index contributed by atoms with van der Waals surface area (Å²) >= 11 is 0. The Morgan fingerprint density at radius 1 is 1.21 bits per heavy atom. The van der Waals surface area contributed by atoms with Gasteiger partial charge in [0, 0.05) is 49.1 Å². The second-order valence-electron chi connectivity index (χ2n) is 6.98. The summed E-state index contributed by atoms with van der Waals surface area (Å²) in [4.78, 5) is 15.7. The molecular formula is C19H24N4O. The van der Waals surface area contributed by atoms with E-state index >= 15 is 0 Å². The maximum Gasteiger partial charge on any atom is 0.221 e. The van der Waals surface area contributed by atoms with Crippen molar-refractivity contribution in [2.24, 2.45) is 5.92 Å². The fraction of sp³-hybridized carbons (Fsp3) is 0.526. The average molecular weight is 324 g/mol. The van der Waals surface area contributed by atoms with Crippen LogP contribution in [0.3, 0.4) is 0 Å². The first-order valence-corrected chi connectivity index (χ1v) is 8.87. The number of aromatic nitrogens is 3.